The predicted octanol–water partition coefficient (Wildman–Crippen LogP) is 4.15. The third kappa shape index (κ3) is 3.58. The van der Waals surface area contributed by atoms with Crippen molar-refractivity contribution in [3.63, 3.8) is 0 Å². The molecule has 0 spiro atoms. The molecule has 150 valence electrons. The Balaban J connectivity index is 1.74. The normalized spacial score (nSPS) is 13.4. The Hall–Kier alpha value is -3.27. The molecular formula is C19H13F3N2O4S. The molecule has 6 nitrogen and oxygen atoms in total. The van der Waals surface area contributed by atoms with Crippen molar-refractivity contribution in [2.75, 3.05) is 16.6 Å². The number of sulfonamides is 1. The number of carbonyl (C=O) groups excluding carboxylic acids is 1. The smallest absolute Gasteiger partial charge is 0.422 e. The monoisotopic (exact) mass is 422 g/mol. The number of ether oxygens (including phenoxy) is 1. The summed E-state index contributed by atoms with van der Waals surface area (Å²) in [5.41, 5.74) is 0.714. The van der Waals surface area contributed by atoms with Crippen LogP contribution < -0.4 is 14.8 Å². The van der Waals surface area contributed by atoms with E-state index in [1.807, 2.05) is 0 Å². The van der Waals surface area contributed by atoms with Crippen LogP contribution in [0.1, 0.15) is 10.4 Å². The topological polar surface area (TPSA) is 84.5 Å². The van der Waals surface area contributed by atoms with E-state index >= 15 is 0 Å². The van der Waals surface area contributed by atoms with Crippen LogP contribution in [0.25, 0.3) is 10.8 Å². The first-order chi connectivity index (χ1) is 13.7. The molecule has 0 aliphatic carbocycles. The Morgan fingerprint density at radius 1 is 1.00 bits per heavy atom. The lowest BCUT2D eigenvalue weighted by Crippen LogP contribution is -2.20. The molecule has 0 atom stereocenters. The Morgan fingerprint density at radius 3 is 2.52 bits per heavy atom. The highest BCUT2D eigenvalue weighted by Gasteiger charge is 2.30. The molecule has 3 aromatic rings. The first-order valence-corrected chi connectivity index (χ1v) is 9.82. The number of halogens is 3. The van der Waals surface area contributed by atoms with Crippen LogP contribution in [0, 0.1) is 0 Å². The summed E-state index contributed by atoms with van der Waals surface area (Å²) in [5, 5.41) is 3.45. The van der Waals surface area contributed by atoms with Crippen LogP contribution >= 0.6 is 0 Å². The van der Waals surface area contributed by atoms with Gasteiger partial charge in [0.1, 0.15) is 5.75 Å². The van der Waals surface area contributed by atoms with E-state index in [9.17, 15) is 26.4 Å². The highest BCUT2D eigenvalue weighted by atomic mass is 32.2. The first kappa shape index (κ1) is 19.1. The Bertz CT molecular complexity index is 1240. The number of alkyl halides is 3. The van der Waals surface area contributed by atoms with Crippen LogP contribution in [-0.2, 0) is 10.0 Å². The quantitative estimate of drug-likeness (QED) is 0.647. The van der Waals surface area contributed by atoms with Crippen LogP contribution in [-0.4, -0.2) is 27.1 Å². The van der Waals surface area contributed by atoms with Gasteiger partial charge >= 0.3 is 6.18 Å². The Morgan fingerprint density at radius 2 is 1.76 bits per heavy atom. The van der Waals surface area contributed by atoms with Crippen LogP contribution in [0.4, 0.5) is 24.5 Å². The maximum atomic E-state index is 13.0. The Labute approximate surface area is 163 Å². The zero-order valence-electron chi connectivity index (χ0n) is 14.6. The second-order valence-corrected chi connectivity index (χ2v) is 7.95. The molecule has 0 saturated heterocycles. The molecule has 10 heteroatoms. The van der Waals surface area contributed by atoms with Gasteiger partial charge in [-0.2, -0.15) is 13.2 Å². The summed E-state index contributed by atoms with van der Waals surface area (Å²) in [4.78, 5) is 11.9. The van der Waals surface area contributed by atoms with Crippen LogP contribution in [0.5, 0.6) is 5.75 Å². The average Bonchev–Trinajstić information content (AvgIpc) is 2.98. The fourth-order valence-corrected chi connectivity index (χ4v) is 4.41. The molecule has 0 fully saturated rings. The molecule has 0 aromatic heterocycles. The third-order valence-electron chi connectivity index (χ3n) is 4.31. The van der Waals surface area contributed by atoms with Gasteiger partial charge in [0.15, 0.2) is 6.61 Å². The molecule has 2 N–H and O–H groups in total. The lowest BCUT2D eigenvalue weighted by molar-refractivity contribution is -0.153. The third-order valence-corrected chi connectivity index (χ3v) is 5.73. The highest BCUT2D eigenvalue weighted by molar-refractivity contribution is 7.93. The largest absolute Gasteiger partial charge is 0.482 e. The summed E-state index contributed by atoms with van der Waals surface area (Å²) in [7, 11) is -4.19. The van der Waals surface area contributed by atoms with Gasteiger partial charge in [-0.25, -0.2) is 8.42 Å². The summed E-state index contributed by atoms with van der Waals surface area (Å²) in [6.07, 6.45) is -4.57. The van der Waals surface area contributed by atoms with Crippen LogP contribution in [0.15, 0.2) is 59.5 Å². The number of para-hydroxylation sites is 2. The first-order valence-electron chi connectivity index (χ1n) is 8.34. The number of amides is 1. The van der Waals surface area contributed by atoms with E-state index in [1.165, 1.54) is 36.4 Å². The number of hydrogen-bond acceptors (Lipinski definition) is 4. The number of benzene rings is 3. The van der Waals surface area contributed by atoms with Gasteiger partial charge in [-0.1, -0.05) is 24.3 Å². The molecule has 0 bridgehead atoms. The molecule has 1 aliphatic rings. The van der Waals surface area contributed by atoms with Gasteiger partial charge in [-0.05, 0) is 30.3 Å². The summed E-state index contributed by atoms with van der Waals surface area (Å²) >= 11 is 0. The van der Waals surface area contributed by atoms with Gasteiger partial charge in [0.2, 0.25) is 0 Å². The molecule has 0 saturated carbocycles. The second kappa shape index (κ2) is 6.66. The zero-order valence-corrected chi connectivity index (χ0v) is 15.4. The van der Waals surface area contributed by atoms with E-state index in [2.05, 4.69) is 10.0 Å². The van der Waals surface area contributed by atoms with E-state index in [4.69, 9.17) is 4.74 Å². The standard InChI is InChI=1S/C19H13F3N2O4S/c20-19(21,22)10-28-15-7-2-1-6-13(15)24-29(26,27)16-9-8-14-17-11(16)4-3-5-12(17)18(25)23-14/h1-9,24H,10H2,(H,23,25). The molecule has 29 heavy (non-hydrogen) atoms. The van der Waals surface area contributed by atoms with E-state index in [0.717, 1.165) is 0 Å². The van der Waals surface area contributed by atoms with Crippen molar-refractivity contribution < 1.29 is 31.1 Å². The summed E-state index contributed by atoms with van der Waals surface area (Å²) in [6.45, 7) is -1.56. The summed E-state index contributed by atoms with van der Waals surface area (Å²) in [5.74, 6) is -0.588. The maximum Gasteiger partial charge on any atom is 0.422 e. The fourth-order valence-electron chi connectivity index (χ4n) is 3.13. The zero-order chi connectivity index (χ0) is 20.8. The van der Waals surface area contributed by atoms with E-state index in [0.29, 0.717) is 22.0 Å². The van der Waals surface area contributed by atoms with Crippen molar-refractivity contribution in [2.45, 2.75) is 11.1 Å². The van der Waals surface area contributed by atoms with Crippen LogP contribution in [0.3, 0.4) is 0 Å². The molecule has 0 unspecified atom stereocenters. The molecule has 3 aromatic carbocycles. The van der Waals surface area contributed by atoms with Crippen molar-refractivity contribution in [1.29, 1.82) is 0 Å². The number of rotatable bonds is 5. The summed E-state index contributed by atoms with van der Waals surface area (Å²) < 4.78 is 70.4. The van der Waals surface area contributed by atoms with E-state index in [-0.39, 0.29) is 22.2 Å². The molecule has 0 radical (unpaired) electrons. The second-order valence-electron chi connectivity index (χ2n) is 6.30. The predicted molar refractivity (Wildman–Crippen MR) is 101 cm³/mol. The minimum absolute atomic E-state index is 0.111. The molecular weight excluding hydrogens is 409 g/mol. The van der Waals surface area contributed by atoms with E-state index < -0.39 is 22.8 Å². The molecule has 1 amide bonds. The SMILES string of the molecule is O=C1Nc2ccc(S(=O)(=O)Nc3ccccc3OCC(F)(F)F)c3cccc1c23. The van der Waals surface area contributed by atoms with Gasteiger partial charge in [-0.3, -0.25) is 9.52 Å². The lowest BCUT2D eigenvalue weighted by atomic mass is 10.1. The number of nitrogens with one attached hydrogen (secondary N) is 2. The van der Waals surface area contributed by atoms with Crippen LogP contribution in [0.2, 0.25) is 0 Å². The maximum absolute atomic E-state index is 13.0. The number of anilines is 2. The lowest BCUT2D eigenvalue weighted by Gasteiger charge is -2.15. The van der Waals surface area contributed by atoms with Crippen molar-refractivity contribution in [3.05, 3.63) is 60.2 Å². The average molecular weight is 422 g/mol. The summed E-state index contributed by atoms with van der Waals surface area (Å²) in [6, 6.07) is 12.9. The van der Waals surface area contributed by atoms with Gasteiger partial charge < -0.3 is 10.1 Å². The minimum atomic E-state index is -4.57. The fraction of sp³-hybridized carbons (Fsp3) is 0.105. The van der Waals surface area contributed by atoms with E-state index in [1.54, 1.807) is 18.2 Å². The van der Waals surface area contributed by atoms with Gasteiger partial charge in [0.25, 0.3) is 15.9 Å². The number of hydrogen-bond donors (Lipinski definition) is 2. The van der Waals surface area contributed by atoms with Gasteiger partial charge in [0, 0.05) is 22.0 Å². The molecule has 1 heterocycles. The molecule has 1 aliphatic heterocycles. The van der Waals surface area contributed by atoms with Crippen molar-refractivity contribution in [3.8, 4) is 5.75 Å². The van der Waals surface area contributed by atoms with Crippen molar-refractivity contribution in [2.24, 2.45) is 0 Å². The van der Waals surface area contributed by atoms with Gasteiger partial charge in [-0.15, -0.1) is 0 Å². The Kier molecular flexibility index (Phi) is 4.38. The number of carbonyl (C=O) groups is 1. The van der Waals surface area contributed by atoms with Crippen molar-refractivity contribution >= 4 is 38.1 Å². The van der Waals surface area contributed by atoms with Gasteiger partial charge in [0.05, 0.1) is 10.6 Å². The minimum Gasteiger partial charge on any atom is -0.482 e. The molecule has 4 rings (SSSR count). The highest BCUT2D eigenvalue weighted by Crippen LogP contribution is 2.37. The van der Waals surface area contributed by atoms with Crippen molar-refractivity contribution in [1.82, 2.24) is 0 Å².